The highest BCUT2D eigenvalue weighted by molar-refractivity contribution is 6.59. The Morgan fingerprint density at radius 1 is 1.23 bits per heavy atom. The van der Waals surface area contributed by atoms with E-state index in [9.17, 15) is 22.5 Å². The minimum Gasteiger partial charge on any atom is -0.448 e. The van der Waals surface area contributed by atoms with Gasteiger partial charge < -0.3 is 22.6 Å². The minimum atomic E-state index is -5.16. The lowest BCUT2D eigenvalue weighted by Crippen LogP contribution is -2.51. The van der Waals surface area contributed by atoms with Crippen LogP contribution in [0.3, 0.4) is 0 Å². The summed E-state index contributed by atoms with van der Waals surface area (Å²) in [5.41, 5.74) is 0. The summed E-state index contributed by atoms with van der Waals surface area (Å²) in [7, 11) is 0. The summed E-state index contributed by atoms with van der Waals surface area (Å²) >= 11 is 0. The summed E-state index contributed by atoms with van der Waals surface area (Å²) in [5.74, 6) is -1.87. The van der Waals surface area contributed by atoms with Gasteiger partial charge in [-0.15, -0.1) is 0 Å². The summed E-state index contributed by atoms with van der Waals surface area (Å²) in [6, 6.07) is 0. The SMILES string of the molecule is O=C1COCC(=O)N1C[B-](F)(F)F. The number of carbonyl (C=O) groups is 2. The Kier molecular flexibility index (Phi) is 2.60. The highest BCUT2D eigenvalue weighted by Gasteiger charge is 2.34. The number of morpholine rings is 1. The van der Waals surface area contributed by atoms with E-state index in [0.717, 1.165) is 0 Å². The Hall–Kier alpha value is -1.05. The topological polar surface area (TPSA) is 46.6 Å². The zero-order valence-electron chi connectivity index (χ0n) is 6.50. The number of ether oxygens (including phenoxy) is 1. The Labute approximate surface area is 71.7 Å². The van der Waals surface area contributed by atoms with Crippen LogP contribution in [0.15, 0.2) is 0 Å². The van der Waals surface area contributed by atoms with E-state index in [1.54, 1.807) is 0 Å². The number of amides is 2. The number of hydrogen-bond donors (Lipinski definition) is 0. The van der Waals surface area contributed by atoms with Crippen LogP contribution in [-0.2, 0) is 14.3 Å². The maximum atomic E-state index is 11.9. The third-order valence-corrected chi connectivity index (χ3v) is 1.44. The molecule has 0 N–H and O–H groups in total. The van der Waals surface area contributed by atoms with E-state index in [0.29, 0.717) is 0 Å². The molecule has 0 spiro atoms. The van der Waals surface area contributed by atoms with Crippen LogP contribution in [0.1, 0.15) is 0 Å². The normalized spacial score (nSPS) is 19.5. The lowest BCUT2D eigenvalue weighted by molar-refractivity contribution is -0.157. The van der Waals surface area contributed by atoms with Gasteiger partial charge in [-0.3, -0.25) is 9.59 Å². The first kappa shape index (κ1) is 10.0. The second-order valence-corrected chi connectivity index (χ2v) is 2.60. The molecule has 0 bridgehead atoms. The average molecular weight is 196 g/mol. The van der Waals surface area contributed by atoms with Crippen molar-refractivity contribution in [3.05, 3.63) is 0 Å². The first-order chi connectivity index (χ1) is 5.90. The van der Waals surface area contributed by atoms with E-state index in [1.807, 2.05) is 0 Å². The van der Waals surface area contributed by atoms with Gasteiger partial charge in [0.25, 0.3) is 11.8 Å². The highest BCUT2D eigenvalue weighted by atomic mass is 19.4. The molecule has 0 unspecified atom stereocenters. The van der Waals surface area contributed by atoms with Crippen LogP contribution in [-0.4, -0.2) is 43.3 Å². The number of rotatable bonds is 2. The lowest BCUT2D eigenvalue weighted by Gasteiger charge is -2.29. The van der Waals surface area contributed by atoms with E-state index < -0.39 is 38.4 Å². The number of imide groups is 1. The van der Waals surface area contributed by atoms with Crippen molar-refractivity contribution in [2.45, 2.75) is 0 Å². The zero-order chi connectivity index (χ0) is 10.1. The molecule has 1 saturated heterocycles. The number of carbonyl (C=O) groups excluding carboxylic acids is 2. The van der Waals surface area contributed by atoms with Crippen LogP contribution < -0.4 is 0 Å². The Morgan fingerprint density at radius 3 is 2.08 bits per heavy atom. The van der Waals surface area contributed by atoms with Crippen molar-refractivity contribution in [1.29, 1.82) is 0 Å². The summed E-state index contributed by atoms with van der Waals surface area (Å²) in [5, 5.41) is 0. The molecule has 74 valence electrons. The van der Waals surface area contributed by atoms with Gasteiger partial charge in [0.05, 0.1) is 0 Å². The second kappa shape index (κ2) is 3.37. The predicted octanol–water partition coefficient (Wildman–Crippen LogP) is -0.242. The third kappa shape index (κ3) is 2.73. The molecular weight excluding hydrogens is 190 g/mol. The second-order valence-electron chi connectivity index (χ2n) is 2.60. The quantitative estimate of drug-likeness (QED) is 0.452. The summed E-state index contributed by atoms with van der Waals surface area (Å²) in [6.45, 7) is -6.08. The summed E-state index contributed by atoms with van der Waals surface area (Å²) in [6.07, 6.45) is -1.47. The molecule has 1 rings (SSSR count). The maximum Gasteiger partial charge on any atom is 0.497 e. The van der Waals surface area contributed by atoms with E-state index in [2.05, 4.69) is 4.74 Å². The molecule has 13 heavy (non-hydrogen) atoms. The van der Waals surface area contributed by atoms with Crippen LogP contribution >= 0.6 is 0 Å². The van der Waals surface area contributed by atoms with Crippen molar-refractivity contribution < 1.29 is 27.3 Å². The van der Waals surface area contributed by atoms with Crippen molar-refractivity contribution in [3.8, 4) is 0 Å². The van der Waals surface area contributed by atoms with E-state index in [4.69, 9.17) is 0 Å². The molecule has 2 amide bonds. The Balaban J connectivity index is 2.65. The number of hydrogen-bond acceptors (Lipinski definition) is 3. The molecule has 0 saturated carbocycles. The van der Waals surface area contributed by atoms with E-state index in [1.165, 1.54) is 0 Å². The zero-order valence-corrected chi connectivity index (χ0v) is 6.50. The maximum absolute atomic E-state index is 11.9. The number of halogens is 3. The molecule has 1 aliphatic heterocycles. The fraction of sp³-hybridized carbons (Fsp3) is 0.600. The van der Waals surface area contributed by atoms with Crippen molar-refractivity contribution in [1.82, 2.24) is 4.90 Å². The fourth-order valence-corrected chi connectivity index (χ4v) is 0.931. The van der Waals surface area contributed by atoms with Gasteiger partial charge in [-0.25, -0.2) is 0 Å². The van der Waals surface area contributed by atoms with Crippen LogP contribution in [0.4, 0.5) is 12.9 Å². The summed E-state index contributed by atoms with van der Waals surface area (Å²) < 4.78 is 40.0. The monoisotopic (exact) mass is 196 g/mol. The first-order valence-electron chi connectivity index (χ1n) is 3.52. The molecule has 1 heterocycles. The third-order valence-electron chi connectivity index (χ3n) is 1.44. The van der Waals surface area contributed by atoms with Crippen molar-refractivity contribution in [2.24, 2.45) is 0 Å². The van der Waals surface area contributed by atoms with Gasteiger partial charge in [0.2, 0.25) is 0 Å². The Bertz CT molecular complexity index is 226. The van der Waals surface area contributed by atoms with Gasteiger partial charge in [0.15, 0.2) is 0 Å². The van der Waals surface area contributed by atoms with Crippen LogP contribution in [0, 0.1) is 0 Å². The molecule has 0 aromatic heterocycles. The standard InChI is InChI=1S/C5H6BF3NO3/c7-6(8,9)3-10-4(11)1-13-2-5(10)12/h1-3H2/q-1. The van der Waals surface area contributed by atoms with Gasteiger partial charge in [-0.2, -0.15) is 0 Å². The van der Waals surface area contributed by atoms with E-state index in [-0.39, 0.29) is 4.90 Å². The van der Waals surface area contributed by atoms with Crippen molar-refractivity contribution in [3.63, 3.8) is 0 Å². The smallest absolute Gasteiger partial charge is 0.448 e. The molecule has 0 aromatic rings. The van der Waals surface area contributed by atoms with Crippen LogP contribution in [0.5, 0.6) is 0 Å². The first-order valence-corrected chi connectivity index (χ1v) is 3.52. The lowest BCUT2D eigenvalue weighted by atomic mass is 9.91. The van der Waals surface area contributed by atoms with Gasteiger partial charge in [0, 0.05) is 0 Å². The van der Waals surface area contributed by atoms with Gasteiger partial charge in [0.1, 0.15) is 13.2 Å². The molecule has 0 aromatic carbocycles. The van der Waals surface area contributed by atoms with Crippen molar-refractivity contribution >= 4 is 18.8 Å². The minimum absolute atomic E-state index is 0.184. The van der Waals surface area contributed by atoms with Gasteiger partial charge in [-0.1, -0.05) is 0 Å². The van der Waals surface area contributed by atoms with Crippen LogP contribution in [0.25, 0.3) is 0 Å². The van der Waals surface area contributed by atoms with Crippen LogP contribution in [0.2, 0.25) is 0 Å². The molecule has 0 radical (unpaired) electrons. The largest absolute Gasteiger partial charge is 0.497 e. The molecule has 4 nitrogen and oxygen atoms in total. The summed E-state index contributed by atoms with van der Waals surface area (Å²) in [4.78, 5) is 21.7. The predicted molar refractivity (Wildman–Crippen MR) is 36.6 cm³/mol. The molecular formula is C5H6BF3NO3-. The van der Waals surface area contributed by atoms with Gasteiger partial charge >= 0.3 is 6.98 Å². The molecule has 1 fully saturated rings. The molecule has 0 atom stereocenters. The fourth-order valence-electron chi connectivity index (χ4n) is 0.931. The highest BCUT2D eigenvalue weighted by Crippen LogP contribution is 2.12. The molecule has 8 heteroatoms. The van der Waals surface area contributed by atoms with Crippen molar-refractivity contribution in [2.75, 3.05) is 19.7 Å². The van der Waals surface area contributed by atoms with E-state index >= 15 is 0 Å². The Morgan fingerprint density at radius 2 is 1.69 bits per heavy atom. The molecule has 1 aliphatic rings. The van der Waals surface area contributed by atoms with Gasteiger partial charge in [-0.05, 0) is 6.44 Å². The average Bonchev–Trinajstić information content (AvgIpc) is 1.95. The molecule has 0 aliphatic carbocycles. The number of nitrogens with zero attached hydrogens (tertiary/aromatic N) is 1.